The highest BCUT2D eigenvalue weighted by Gasteiger charge is 2.27. The minimum absolute atomic E-state index is 0.123. The van der Waals surface area contributed by atoms with Gasteiger partial charge in [0, 0.05) is 18.2 Å². The molecule has 9 heteroatoms. The van der Waals surface area contributed by atoms with Crippen LogP contribution in [0.3, 0.4) is 0 Å². The molecule has 1 aromatic carbocycles. The van der Waals surface area contributed by atoms with Crippen LogP contribution in [0.1, 0.15) is 38.4 Å². The van der Waals surface area contributed by atoms with Crippen LogP contribution in [0.15, 0.2) is 24.3 Å². The molecule has 2 unspecified atom stereocenters. The van der Waals surface area contributed by atoms with Crippen LogP contribution < -0.4 is 5.32 Å². The largest absolute Gasteiger partial charge is 0.427 e. The SMILES string of the molecule is CC(C)(C)C(=O)OCOC(=O)NCCC(c1ccc(Cl)cc1)P(C)(=O)O. The zero-order chi connectivity index (χ0) is 20.0. The van der Waals surface area contributed by atoms with Crippen molar-refractivity contribution in [2.45, 2.75) is 32.9 Å². The van der Waals surface area contributed by atoms with E-state index in [2.05, 4.69) is 5.32 Å². The molecular weight excluding hydrogens is 381 g/mol. The van der Waals surface area contributed by atoms with Crippen molar-refractivity contribution in [2.75, 3.05) is 20.0 Å². The van der Waals surface area contributed by atoms with Gasteiger partial charge in [0.15, 0.2) is 0 Å². The molecule has 1 rings (SSSR count). The van der Waals surface area contributed by atoms with Gasteiger partial charge in [0.25, 0.3) is 0 Å². The zero-order valence-corrected chi connectivity index (χ0v) is 17.0. The maximum Gasteiger partial charge on any atom is 0.410 e. The van der Waals surface area contributed by atoms with Crippen LogP contribution in [-0.4, -0.2) is 37.0 Å². The van der Waals surface area contributed by atoms with Crippen molar-refractivity contribution < 1.29 is 28.5 Å². The van der Waals surface area contributed by atoms with Crippen LogP contribution in [-0.2, 0) is 18.8 Å². The number of nitrogens with one attached hydrogen (secondary N) is 1. The Morgan fingerprint density at radius 2 is 1.81 bits per heavy atom. The van der Waals surface area contributed by atoms with E-state index < -0.39 is 37.3 Å². The number of hydrogen-bond acceptors (Lipinski definition) is 5. The monoisotopic (exact) mass is 405 g/mol. The summed E-state index contributed by atoms with van der Waals surface area (Å²) < 4.78 is 21.7. The second-order valence-corrected chi connectivity index (χ2v) is 9.90. The highest BCUT2D eigenvalue weighted by Crippen LogP contribution is 2.54. The first kappa shape index (κ1) is 22.5. The molecule has 0 aliphatic heterocycles. The van der Waals surface area contributed by atoms with Gasteiger partial charge in [-0.05, 0) is 44.9 Å². The molecule has 26 heavy (non-hydrogen) atoms. The van der Waals surface area contributed by atoms with E-state index in [1.54, 1.807) is 45.0 Å². The molecule has 0 aliphatic carbocycles. The first-order valence-corrected chi connectivity index (χ1v) is 10.6. The van der Waals surface area contributed by atoms with Gasteiger partial charge in [0.2, 0.25) is 14.2 Å². The maximum atomic E-state index is 12.1. The molecule has 0 fully saturated rings. The van der Waals surface area contributed by atoms with E-state index in [1.807, 2.05) is 0 Å². The molecule has 2 N–H and O–H groups in total. The molecule has 146 valence electrons. The molecular formula is C17H25ClNO6P. The molecule has 0 aromatic heterocycles. The number of alkyl carbamates (subject to hydrolysis) is 1. The van der Waals surface area contributed by atoms with Gasteiger partial charge in [-0.25, -0.2) is 4.79 Å². The van der Waals surface area contributed by atoms with Crippen molar-refractivity contribution >= 4 is 31.0 Å². The Balaban J connectivity index is 2.47. The first-order valence-electron chi connectivity index (χ1n) is 8.04. The molecule has 0 radical (unpaired) electrons. The summed E-state index contributed by atoms with van der Waals surface area (Å²) in [7, 11) is -3.43. The van der Waals surface area contributed by atoms with E-state index in [-0.39, 0.29) is 13.0 Å². The van der Waals surface area contributed by atoms with Crippen molar-refractivity contribution in [1.82, 2.24) is 5.32 Å². The van der Waals surface area contributed by atoms with Crippen LogP contribution in [0.5, 0.6) is 0 Å². The minimum Gasteiger partial charge on any atom is -0.427 e. The fourth-order valence-electron chi connectivity index (χ4n) is 2.08. The van der Waals surface area contributed by atoms with Gasteiger partial charge in [-0.3, -0.25) is 9.36 Å². The number of carbonyl (C=O) groups excluding carboxylic acids is 2. The number of ether oxygens (including phenoxy) is 2. The summed E-state index contributed by atoms with van der Waals surface area (Å²) in [5, 5.41) is 3.00. The summed E-state index contributed by atoms with van der Waals surface area (Å²) in [5.41, 5.74) is -0.662. The van der Waals surface area contributed by atoms with Gasteiger partial charge in [-0.15, -0.1) is 0 Å². The molecule has 0 bridgehead atoms. The molecule has 0 aliphatic rings. The van der Waals surface area contributed by atoms with Crippen molar-refractivity contribution in [2.24, 2.45) is 5.41 Å². The smallest absolute Gasteiger partial charge is 0.410 e. The molecule has 2 atom stereocenters. The lowest BCUT2D eigenvalue weighted by Gasteiger charge is -2.21. The van der Waals surface area contributed by atoms with E-state index in [1.165, 1.54) is 6.66 Å². The number of esters is 1. The fourth-order valence-corrected chi connectivity index (χ4v) is 3.54. The summed E-state index contributed by atoms with van der Waals surface area (Å²) >= 11 is 5.83. The first-order chi connectivity index (χ1) is 11.9. The van der Waals surface area contributed by atoms with Crippen LogP contribution in [0, 0.1) is 5.41 Å². The lowest BCUT2D eigenvalue weighted by Crippen LogP contribution is -2.29. The van der Waals surface area contributed by atoms with E-state index in [0.29, 0.717) is 10.6 Å². The van der Waals surface area contributed by atoms with Gasteiger partial charge in [0.05, 0.1) is 11.1 Å². The Morgan fingerprint density at radius 1 is 1.23 bits per heavy atom. The van der Waals surface area contributed by atoms with Crippen LogP contribution in [0.2, 0.25) is 5.02 Å². The van der Waals surface area contributed by atoms with Gasteiger partial charge >= 0.3 is 12.1 Å². The summed E-state index contributed by atoms with van der Waals surface area (Å²) in [4.78, 5) is 33.1. The third kappa shape index (κ3) is 7.77. The second-order valence-electron chi connectivity index (χ2n) is 6.96. The van der Waals surface area contributed by atoms with Gasteiger partial charge < -0.3 is 19.7 Å². The van der Waals surface area contributed by atoms with Crippen LogP contribution >= 0.6 is 19.0 Å². The van der Waals surface area contributed by atoms with Gasteiger partial charge in [-0.2, -0.15) is 0 Å². The molecule has 0 saturated carbocycles. The number of hydrogen-bond donors (Lipinski definition) is 2. The molecule has 1 amide bonds. The Labute approximate surface area is 158 Å². The Kier molecular flexibility index (Phi) is 8.13. The summed E-state index contributed by atoms with van der Waals surface area (Å²) in [6, 6.07) is 6.66. The number of benzene rings is 1. The third-order valence-electron chi connectivity index (χ3n) is 3.51. The Hall–Kier alpha value is -1.56. The summed E-state index contributed by atoms with van der Waals surface area (Å²) in [5.74, 6) is -0.486. The van der Waals surface area contributed by atoms with E-state index in [9.17, 15) is 19.0 Å². The fraction of sp³-hybridized carbons (Fsp3) is 0.529. The van der Waals surface area contributed by atoms with Gasteiger partial charge in [-0.1, -0.05) is 23.7 Å². The summed E-state index contributed by atoms with van der Waals surface area (Å²) in [6.45, 7) is 5.96. The van der Waals surface area contributed by atoms with Crippen molar-refractivity contribution in [3.8, 4) is 0 Å². The number of carbonyl (C=O) groups is 2. The zero-order valence-electron chi connectivity index (χ0n) is 15.3. The Morgan fingerprint density at radius 3 is 2.31 bits per heavy atom. The predicted octanol–water partition coefficient (Wildman–Crippen LogP) is 3.94. The molecule has 0 spiro atoms. The normalized spacial score (nSPS) is 14.8. The topological polar surface area (TPSA) is 102 Å². The lowest BCUT2D eigenvalue weighted by atomic mass is 9.98. The van der Waals surface area contributed by atoms with E-state index in [4.69, 9.17) is 21.1 Å². The predicted molar refractivity (Wildman–Crippen MR) is 99.5 cm³/mol. The molecule has 0 heterocycles. The molecule has 1 aromatic rings. The minimum atomic E-state index is -3.43. The Bertz CT molecular complexity index is 665. The molecule has 0 saturated heterocycles. The highest BCUT2D eigenvalue weighted by atomic mass is 35.5. The highest BCUT2D eigenvalue weighted by molar-refractivity contribution is 7.57. The maximum absolute atomic E-state index is 12.1. The average molecular weight is 406 g/mol. The van der Waals surface area contributed by atoms with E-state index >= 15 is 0 Å². The van der Waals surface area contributed by atoms with Crippen molar-refractivity contribution in [1.29, 1.82) is 0 Å². The van der Waals surface area contributed by atoms with Crippen LogP contribution in [0.4, 0.5) is 4.79 Å². The molecule has 7 nitrogen and oxygen atoms in total. The second kappa shape index (κ2) is 9.40. The standard InChI is InChI=1S/C17H25ClNO6P/c1-17(2,3)15(20)24-11-25-16(21)19-10-9-14(26(4,22)23)12-5-7-13(18)8-6-12/h5-8,14H,9-11H2,1-4H3,(H,19,21)(H,22,23). The number of halogens is 1. The number of rotatable bonds is 7. The van der Waals surface area contributed by atoms with Crippen molar-refractivity contribution in [3.05, 3.63) is 34.9 Å². The van der Waals surface area contributed by atoms with E-state index in [0.717, 1.165) is 0 Å². The van der Waals surface area contributed by atoms with Crippen LogP contribution in [0.25, 0.3) is 0 Å². The summed E-state index contributed by atoms with van der Waals surface area (Å²) in [6.07, 6.45) is -0.534. The van der Waals surface area contributed by atoms with Gasteiger partial charge in [0.1, 0.15) is 0 Å². The average Bonchev–Trinajstić information content (AvgIpc) is 2.50. The quantitative estimate of drug-likeness (QED) is 0.404. The lowest BCUT2D eigenvalue weighted by molar-refractivity contribution is -0.161. The van der Waals surface area contributed by atoms with Crippen molar-refractivity contribution in [3.63, 3.8) is 0 Å². The number of amides is 1. The third-order valence-corrected chi connectivity index (χ3v) is 5.48.